The maximum absolute atomic E-state index is 10.9. The van der Waals surface area contributed by atoms with Crippen LogP contribution >= 0.6 is 0 Å². The van der Waals surface area contributed by atoms with E-state index >= 15 is 0 Å². The normalized spacial score (nSPS) is 38.8. The number of rotatable bonds is 1. The number of ether oxygens (including phenoxy) is 1. The maximum atomic E-state index is 10.9. The molecule has 13 heavy (non-hydrogen) atoms. The van der Waals surface area contributed by atoms with E-state index in [2.05, 4.69) is 5.32 Å². The third-order valence-electron chi connectivity index (χ3n) is 3.10. The standard InChI is InChI=1S/C9H16N2O2/c10-5-7-2-1-3-9(4-7)6-11-8(12)13-9/h7H,1-6,10H2,(H,11,12). The van der Waals surface area contributed by atoms with Gasteiger partial charge in [0.1, 0.15) is 5.60 Å². The van der Waals surface area contributed by atoms with Crippen LogP contribution in [0.3, 0.4) is 0 Å². The van der Waals surface area contributed by atoms with Crippen molar-refractivity contribution in [2.24, 2.45) is 11.7 Å². The van der Waals surface area contributed by atoms with Gasteiger partial charge in [-0.15, -0.1) is 0 Å². The van der Waals surface area contributed by atoms with Crippen LogP contribution in [0.1, 0.15) is 25.7 Å². The molecule has 74 valence electrons. The Balaban J connectivity index is 2.02. The van der Waals surface area contributed by atoms with Gasteiger partial charge in [0, 0.05) is 0 Å². The fourth-order valence-electron chi connectivity index (χ4n) is 2.40. The van der Waals surface area contributed by atoms with Crippen LogP contribution in [0.5, 0.6) is 0 Å². The summed E-state index contributed by atoms with van der Waals surface area (Å²) in [5.41, 5.74) is 5.41. The first-order valence-electron chi connectivity index (χ1n) is 4.91. The van der Waals surface area contributed by atoms with Crippen LogP contribution in [0.25, 0.3) is 0 Å². The summed E-state index contributed by atoms with van der Waals surface area (Å²) in [5, 5.41) is 2.72. The van der Waals surface area contributed by atoms with Crippen LogP contribution in [0, 0.1) is 5.92 Å². The summed E-state index contributed by atoms with van der Waals surface area (Å²) in [5.74, 6) is 0.529. The molecule has 1 saturated heterocycles. The number of carbonyl (C=O) groups is 1. The fraction of sp³-hybridized carbons (Fsp3) is 0.889. The van der Waals surface area contributed by atoms with Crippen LogP contribution in [-0.4, -0.2) is 24.8 Å². The van der Waals surface area contributed by atoms with Crippen LogP contribution in [0.4, 0.5) is 4.79 Å². The summed E-state index contributed by atoms with van der Waals surface area (Å²) in [6.45, 7) is 1.38. The summed E-state index contributed by atoms with van der Waals surface area (Å²) in [6, 6.07) is 0. The number of alkyl carbamates (subject to hydrolysis) is 1. The van der Waals surface area contributed by atoms with Crippen LogP contribution in [-0.2, 0) is 4.74 Å². The van der Waals surface area contributed by atoms with E-state index in [0.717, 1.165) is 19.3 Å². The lowest BCUT2D eigenvalue weighted by Gasteiger charge is -2.35. The van der Waals surface area contributed by atoms with Crippen molar-refractivity contribution >= 4 is 6.09 Å². The number of hydrogen-bond donors (Lipinski definition) is 2. The van der Waals surface area contributed by atoms with E-state index in [1.54, 1.807) is 0 Å². The van der Waals surface area contributed by atoms with Crippen molar-refractivity contribution < 1.29 is 9.53 Å². The molecule has 4 nitrogen and oxygen atoms in total. The molecule has 0 radical (unpaired) electrons. The number of amides is 1. The molecular weight excluding hydrogens is 168 g/mol. The van der Waals surface area contributed by atoms with Crippen molar-refractivity contribution in [3.05, 3.63) is 0 Å². The highest BCUT2D eigenvalue weighted by atomic mass is 16.6. The zero-order valence-corrected chi connectivity index (χ0v) is 7.71. The smallest absolute Gasteiger partial charge is 0.407 e. The maximum Gasteiger partial charge on any atom is 0.407 e. The summed E-state index contributed by atoms with van der Waals surface area (Å²) < 4.78 is 5.32. The van der Waals surface area contributed by atoms with E-state index in [1.165, 1.54) is 6.42 Å². The lowest BCUT2D eigenvalue weighted by atomic mass is 9.78. The quantitative estimate of drug-likeness (QED) is 0.627. The predicted octanol–water partition coefficient (Wildman–Crippen LogP) is 0.614. The first-order chi connectivity index (χ1) is 6.24. The van der Waals surface area contributed by atoms with Crippen molar-refractivity contribution in [3.63, 3.8) is 0 Å². The van der Waals surface area contributed by atoms with Gasteiger partial charge >= 0.3 is 6.09 Å². The molecule has 3 N–H and O–H groups in total. The SMILES string of the molecule is NCC1CCCC2(CNC(=O)O2)C1. The van der Waals surface area contributed by atoms with Crippen LogP contribution in [0.2, 0.25) is 0 Å². The second-order valence-electron chi connectivity index (χ2n) is 4.12. The van der Waals surface area contributed by atoms with Crippen LogP contribution < -0.4 is 11.1 Å². The lowest BCUT2D eigenvalue weighted by Crippen LogP contribution is -2.40. The summed E-state index contributed by atoms with van der Waals surface area (Å²) in [4.78, 5) is 10.9. The van der Waals surface area contributed by atoms with Gasteiger partial charge in [0.05, 0.1) is 6.54 Å². The Morgan fingerprint density at radius 1 is 1.69 bits per heavy atom. The van der Waals surface area contributed by atoms with E-state index in [1.807, 2.05) is 0 Å². The zero-order valence-electron chi connectivity index (χ0n) is 7.71. The van der Waals surface area contributed by atoms with Gasteiger partial charge in [-0.05, 0) is 38.1 Å². The molecule has 2 atom stereocenters. The first-order valence-corrected chi connectivity index (χ1v) is 4.91. The second kappa shape index (κ2) is 3.18. The predicted molar refractivity (Wildman–Crippen MR) is 48.2 cm³/mol. The molecule has 1 spiro atoms. The van der Waals surface area contributed by atoms with Gasteiger partial charge in [0.15, 0.2) is 0 Å². The minimum Gasteiger partial charge on any atom is -0.441 e. The van der Waals surface area contributed by atoms with Crippen molar-refractivity contribution in [2.45, 2.75) is 31.3 Å². The average molecular weight is 184 g/mol. The Bertz CT molecular complexity index is 220. The highest BCUT2D eigenvalue weighted by Crippen LogP contribution is 2.36. The van der Waals surface area contributed by atoms with Crippen LogP contribution in [0.15, 0.2) is 0 Å². The molecular formula is C9H16N2O2. The number of carbonyl (C=O) groups excluding carboxylic acids is 1. The number of nitrogens with two attached hydrogens (primary N) is 1. The summed E-state index contributed by atoms with van der Waals surface area (Å²) >= 11 is 0. The van der Waals surface area contributed by atoms with E-state index < -0.39 is 0 Å². The molecule has 1 aliphatic heterocycles. The lowest BCUT2D eigenvalue weighted by molar-refractivity contribution is 0.00864. The third kappa shape index (κ3) is 1.63. The van der Waals surface area contributed by atoms with Gasteiger partial charge in [-0.3, -0.25) is 0 Å². The van der Waals surface area contributed by atoms with Gasteiger partial charge < -0.3 is 15.8 Å². The Hall–Kier alpha value is -0.770. The summed E-state index contributed by atoms with van der Waals surface area (Å²) in [7, 11) is 0. The fourth-order valence-corrected chi connectivity index (χ4v) is 2.40. The molecule has 1 amide bonds. The first kappa shape index (κ1) is 8.81. The Morgan fingerprint density at radius 3 is 3.15 bits per heavy atom. The molecule has 0 aromatic rings. The monoisotopic (exact) mass is 184 g/mol. The highest BCUT2D eigenvalue weighted by Gasteiger charge is 2.43. The molecule has 2 rings (SSSR count). The molecule has 1 heterocycles. The molecule has 1 aliphatic carbocycles. The van der Waals surface area contributed by atoms with Gasteiger partial charge in [-0.1, -0.05) is 0 Å². The molecule has 0 aromatic carbocycles. The average Bonchev–Trinajstić information content (AvgIpc) is 2.47. The van der Waals surface area contributed by atoms with E-state index in [4.69, 9.17) is 10.5 Å². The Kier molecular flexibility index (Phi) is 2.15. The largest absolute Gasteiger partial charge is 0.441 e. The minimum absolute atomic E-state index is 0.223. The van der Waals surface area contributed by atoms with Crippen molar-refractivity contribution in [1.82, 2.24) is 5.32 Å². The van der Waals surface area contributed by atoms with Gasteiger partial charge in [0.2, 0.25) is 0 Å². The zero-order chi connectivity index (χ0) is 9.31. The molecule has 1 saturated carbocycles. The van der Waals surface area contributed by atoms with E-state index in [9.17, 15) is 4.79 Å². The molecule has 2 unspecified atom stereocenters. The van der Waals surface area contributed by atoms with Crippen molar-refractivity contribution in [3.8, 4) is 0 Å². The van der Waals surface area contributed by atoms with E-state index in [0.29, 0.717) is 19.0 Å². The number of nitrogens with one attached hydrogen (secondary N) is 1. The molecule has 0 aromatic heterocycles. The molecule has 4 heteroatoms. The minimum atomic E-state index is -0.266. The van der Waals surface area contributed by atoms with Gasteiger partial charge in [-0.2, -0.15) is 0 Å². The van der Waals surface area contributed by atoms with Crippen molar-refractivity contribution in [1.29, 1.82) is 0 Å². The molecule has 2 aliphatic rings. The Labute approximate surface area is 77.8 Å². The molecule has 0 bridgehead atoms. The van der Waals surface area contributed by atoms with Gasteiger partial charge in [-0.25, -0.2) is 4.79 Å². The van der Waals surface area contributed by atoms with Crippen molar-refractivity contribution in [2.75, 3.05) is 13.1 Å². The van der Waals surface area contributed by atoms with E-state index in [-0.39, 0.29) is 11.7 Å². The second-order valence-corrected chi connectivity index (χ2v) is 4.12. The third-order valence-corrected chi connectivity index (χ3v) is 3.10. The molecule has 2 fully saturated rings. The summed E-state index contributed by atoms with van der Waals surface area (Å²) in [6.07, 6.45) is 3.95. The highest BCUT2D eigenvalue weighted by molar-refractivity contribution is 5.70. The number of hydrogen-bond acceptors (Lipinski definition) is 3. The van der Waals surface area contributed by atoms with Gasteiger partial charge in [0.25, 0.3) is 0 Å². The Morgan fingerprint density at radius 2 is 2.54 bits per heavy atom. The topological polar surface area (TPSA) is 64.3 Å².